The summed E-state index contributed by atoms with van der Waals surface area (Å²) in [6.07, 6.45) is 3.50. The average Bonchev–Trinajstić information content (AvgIpc) is 2.98. The van der Waals surface area contributed by atoms with Crippen LogP contribution in [0.3, 0.4) is 0 Å². The van der Waals surface area contributed by atoms with Crippen molar-refractivity contribution in [3.8, 4) is 0 Å². The SMILES string of the molecule is Cc1cccc(C)c1CCNC(=O)NC1CCOC2(CCOC2)C1. The number of amides is 2. The van der Waals surface area contributed by atoms with E-state index in [1.807, 2.05) is 0 Å². The standard InChI is InChI=1S/C19H28N2O3/c1-14-4-3-5-15(2)17(14)6-9-20-18(22)21-16-7-10-24-19(12-16)8-11-23-13-19/h3-5,16H,6-13H2,1-2H3,(H2,20,21,22). The van der Waals surface area contributed by atoms with Crippen LogP contribution in [0, 0.1) is 13.8 Å². The number of hydrogen-bond donors (Lipinski definition) is 2. The molecule has 3 rings (SSSR count). The van der Waals surface area contributed by atoms with E-state index < -0.39 is 0 Å². The molecule has 2 heterocycles. The summed E-state index contributed by atoms with van der Waals surface area (Å²) in [7, 11) is 0. The van der Waals surface area contributed by atoms with Gasteiger partial charge < -0.3 is 20.1 Å². The number of hydrogen-bond acceptors (Lipinski definition) is 3. The third-order valence-electron chi connectivity index (χ3n) is 5.20. The molecule has 1 spiro atoms. The second-order valence-corrected chi connectivity index (χ2v) is 7.04. The zero-order chi connectivity index (χ0) is 17.0. The van der Waals surface area contributed by atoms with Crippen molar-refractivity contribution in [3.63, 3.8) is 0 Å². The Morgan fingerprint density at radius 3 is 2.79 bits per heavy atom. The van der Waals surface area contributed by atoms with E-state index in [4.69, 9.17) is 9.47 Å². The summed E-state index contributed by atoms with van der Waals surface area (Å²) in [6, 6.07) is 6.39. The third kappa shape index (κ3) is 4.08. The molecule has 2 saturated heterocycles. The molecule has 2 unspecified atom stereocenters. The smallest absolute Gasteiger partial charge is 0.315 e. The molecular weight excluding hydrogens is 304 g/mol. The van der Waals surface area contributed by atoms with Crippen LogP contribution in [0.2, 0.25) is 0 Å². The summed E-state index contributed by atoms with van der Waals surface area (Å²) in [5.74, 6) is 0. The molecule has 0 saturated carbocycles. The van der Waals surface area contributed by atoms with Crippen molar-refractivity contribution in [1.29, 1.82) is 0 Å². The zero-order valence-electron chi connectivity index (χ0n) is 14.7. The van der Waals surface area contributed by atoms with E-state index >= 15 is 0 Å². The maximum absolute atomic E-state index is 12.2. The van der Waals surface area contributed by atoms with E-state index in [-0.39, 0.29) is 17.7 Å². The van der Waals surface area contributed by atoms with Crippen LogP contribution in [0.25, 0.3) is 0 Å². The maximum Gasteiger partial charge on any atom is 0.315 e. The maximum atomic E-state index is 12.2. The highest BCUT2D eigenvalue weighted by Gasteiger charge is 2.41. The number of aryl methyl sites for hydroxylation is 2. The van der Waals surface area contributed by atoms with Gasteiger partial charge in [0.15, 0.2) is 0 Å². The lowest BCUT2D eigenvalue weighted by atomic mass is 9.90. The molecule has 0 aliphatic carbocycles. The van der Waals surface area contributed by atoms with E-state index in [1.54, 1.807) is 0 Å². The van der Waals surface area contributed by atoms with Crippen molar-refractivity contribution in [2.24, 2.45) is 0 Å². The molecule has 2 amide bonds. The Labute approximate surface area is 144 Å². The molecule has 2 atom stereocenters. The fourth-order valence-electron chi connectivity index (χ4n) is 3.80. The Morgan fingerprint density at radius 2 is 2.08 bits per heavy atom. The van der Waals surface area contributed by atoms with E-state index in [0.717, 1.165) is 32.3 Å². The van der Waals surface area contributed by atoms with Gasteiger partial charge in [0.1, 0.15) is 0 Å². The minimum Gasteiger partial charge on any atom is -0.378 e. The normalized spacial score (nSPS) is 26.5. The minimum atomic E-state index is -0.172. The Morgan fingerprint density at radius 1 is 1.29 bits per heavy atom. The van der Waals surface area contributed by atoms with Gasteiger partial charge >= 0.3 is 6.03 Å². The quantitative estimate of drug-likeness (QED) is 0.890. The van der Waals surface area contributed by atoms with Crippen LogP contribution in [0.15, 0.2) is 18.2 Å². The van der Waals surface area contributed by atoms with Crippen LogP contribution in [-0.2, 0) is 15.9 Å². The van der Waals surface area contributed by atoms with Gasteiger partial charge in [-0.05, 0) is 49.8 Å². The van der Waals surface area contributed by atoms with Crippen LogP contribution < -0.4 is 10.6 Å². The number of carbonyl (C=O) groups excluding carboxylic acids is 1. The molecule has 2 aliphatic rings. The zero-order valence-corrected chi connectivity index (χ0v) is 14.7. The van der Waals surface area contributed by atoms with Crippen LogP contribution in [-0.4, -0.2) is 44.0 Å². The molecule has 132 valence electrons. The molecule has 24 heavy (non-hydrogen) atoms. The second kappa shape index (κ2) is 7.53. The summed E-state index contributed by atoms with van der Waals surface area (Å²) in [6.45, 7) is 6.99. The lowest BCUT2D eigenvalue weighted by Crippen LogP contribution is -2.51. The van der Waals surface area contributed by atoms with Gasteiger partial charge in [0.2, 0.25) is 0 Å². The van der Waals surface area contributed by atoms with Gasteiger partial charge in [-0.3, -0.25) is 0 Å². The van der Waals surface area contributed by atoms with Crippen LogP contribution in [0.4, 0.5) is 4.79 Å². The Balaban J connectivity index is 1.44. The number of ether oxygens (including phenoxy) is 2. The van der Waals surface area contributed by atoms with Crippen molar-refractivity contribution in [1.82, 2.24) is 10.6 Å². The van der Waals surface area contributed by atoms with Crippen molar-refractivity contribution < 1.29 is 14.3 Å². The molecule has 2 aliphatic heterocycles. The van der Waals surface area contributed by atoms with Crippen molar-refractivity contribution in [2.45, 2.75) is 51.2 Å². The highest BCUT2D eigenvalue weighted by atomic mass is 16.6. The Hall–Kier alpha value is -1.59. The molecule has 1 aromatic carbocycles. The summed E-state index contributed by atoms with van der Waals surface area (Å²) in [5, 5.41) is 6.09. The van der Waals surface area contributed by atoms with Crippen molar-refractivity contribution >= 4 is 6.03 Å². The Bertz CT molecular complexity index is 562. The fourth-order valence-corrected chi connectivity index (χ4v) is 3.80. The predicted octanol–water partition coefficient (Wildman–Crippen LogP) is 2.48. The van der Waals surface area contributed by atoms with E-state index in [9.17, 15) is 4.79 Å². The third-order valence-corrected chi connectivity index (χ3v) is 5.20. The molecule has 5 nitrogen and oxygen atoms in total. The van der Waals surface area contributed by atoms with Gasteiger partial charge in [-0.15, -0.1) is 0 Å². The summed E-state index contributed by atoms with van der Waals surface area (Å²) in [4.78, 5) is 12.2. The van der Waals surface area contributed by atoms with Gasteiger partial charge in [-0.1, -0.05) is 18.2 Å². The first-order valence-corrected chi connectivity index (χ1v) is 8.89. The van der Waals surface area contributed by atoms with Gasteiger partial charge in [0.05, 0.1) is 12.2 Å². The first-order valence-electron chi connectivity index (χ1n) is 8.89. The van der Waals surface area contributed by atoms with Crippen molar-refractivity contribution in [2.75, 3.05) is 26.4 Å². The predicted molar refractivity (Wildman–Crippen MR) is 93.3 cm³/mol. The average molecular weight is 332 g/mol. The number of nitrogens with one attached hydrogen (secondary N) is 2. The number of rotatable bonds is 4. The number of carbonyl (C=O) groups is 1. The molecule has 0 radical (unpaired) electrons. The lowest BCUT2D eigenvalue weighted by molar-refractivity contribution is -0.0878. The van der Waals surface area contributed by atoms with Gasteiger partial charge in [-0.25, -0.2) is 4.79 Å². The van der Waals surface area contributed by atoms with Crippen LogP contribution in [0.1, 0.15) is 36.0 Å². The second-order valence-electron chi connectivity index (χ2n) is 7.04. The molecule has 0 aromatic heterocycles. The highest BCUT2D eigenvalue weighted by molar-refractivity contribution is 5.74. The monoisotopic (exact) mass is 332 g/mol. The number of urea groups is 1. The molecule has 2 fully saturated rings. The number of benzene rings is 1. The molecule has 0 bridgehead atoms. The first-order chi connectivity index (χ1) is 11.6. The first kappa shape index (κ1) is 17.2. The van der Waals surface area contributed by atoms with Crippen LogP contribution >= 0.6 is 0 Å². The topological polar surface area (TPSA) is 59.6 Å². The summed E-state index contributed by atoms with van der Waals surface area (Å²) < 4.78 is 11.4. The largest absolute Gasteiger partial charge is 0.378 e. The molecule has 2 N–H and O–H groups in total. The van der Waals surface area contributed by atoms with E-state index in [2.05, 4.69) is 42.7 Å². The lowest BCUT2D eigenvalue weighted by Gasteiger charge is -2.37. The summed E-state index contributed by atoms with van der Waals surface area (Å²) >= 11 is 0. The fraction of sp³-hybridized carbons (Fsp3) is 0.632. The summed E-state index contributed by atoms with van der Waals surface area (Å²) in [5.41, 5.74) is 3.72. The molecule has 1 aromatic rings. The van der Waals surface area contributed by atoms with E-state index in [0.29, 0.717) is 19.8 Å². The minimum absolute atomic E-state index is 0.0813. The van der Waals surface area contributed by atoms with Crippen LogP contribution in [0.5, 0.6) is 0 Å². The Kier molecular flexibility index (Phi) is 5.41. The van der Waals surface area contributed by atoms with Crippen molar-refractivity contribution in [3.05, 3.63) is 34.9 Å². The van der Waals surface area contributed by atoms with Gasteiger partial charge in [0.25, 0.3) is 0 Å². The van der Waals surface area contributed by atoms with Gasteiger partial charge in [0, 0.05) is 32.2 Å². The highest BCUT2D eigenvalue weighted by Crippen LogP contribution is 2.32. The van der Waals surface area contributed by atoms with E-state index in [1.165, 1.54) is 16.7 Å². The molecular formula is C19H28N2O3. The molecule has 5 heteroatoms. The van der Waals surface area contributed by atoms with Gasteiger partial charge in [-0.2, -0.15) is 0 Å².